The average Bonchev–Trinajstić information content (AvgIpc) is 3.79. The van der Waals surface area contributed by atoms with Gasteiger partial charge in [-0.3, -0.25) is 0 Å². The van der Waals surface area contributed by atoms with Crippen LogP contribution < -0.4 is 4.90 Å². The number of hydrogen-bond acceptors (Lipinski definition) is 3. The van der Waals surface area contributed by atoms with E-state index in [1.807, 2.05) is 12.1 Å². The highest BCUT2D eigenvalue weighted by Gasteiger charge is 2.19. The van der Waals surface area contributed by atoms with Crippen LogP contribution in [0.15, 0.2) is 197 Å². The van der Waals surface area contributed by atoms with Crippen molar-refractivity contribution in [1.82, 2.24) is 0 Å². The third kappa shape index (κ3) is 4.82. The monoisotopic (exact) mass is 677 g/mol. The summed E-state index contributed by atoms with van der Waals surface area (Å²) in [5.41, 5.74) is 11.2. The van der Waals surface area contributed by atoms with Crippen LogP contribution in [0.1, 0.15) is 0 Å². The van der Waals surface area contributed by atoms with Crippen LogP contribution in [0.3, 0.4) is 0 Å². The maximum absolute atomic E-state index is 6.53. The standard InChI is InChI=1S/C50H31NO2/c1-2-9-32(10-3-1)33-19-22-37(23-20-33)51(39-24-27-44-43-13-6-7-15-46(43)53-49(44)31-39)38-25-28-47-45(30-38)50-42(14-8-16-48(50)52-47)36-21-26-41-35(29-36)18-17-34-11-4-5-12-40(34)41/h1-31H. The van der Waals surface area contributed by atoms with Crippen molar-refractivity contribution in [3.05, 3.63) is 188 Å². The van der Waals surface area contributed by atoms with Crippen LogP contribution in [-0.2, 0) is 0 Å². The molecular weight excluding hydrogens is 647 g/mol. The van der Waals surface area contributed by atoms with E-state index >= 15 is 0 Å². The zero-order chi connectivity index (χ0) is 34.9. The quantitative estimate of drug-likeness (QED) is 0.170. The van der Waals surface area contributed by atoms with Crippen LogP contribution in [0.4, 0.5) is 17.1 Å². The van der Waals surface area contributed by atoms with Gasteiger partial charge in [-0.05, 0) is 104 Å². The van der Waals surface area contributed by atoms with Crippen LogP contribution >= 0.6 is 0 Å². The Morgan fingerprint density at radius 3 is 1.81 bits per heavy atom. The zero-order valence-electron chi connectivity index (χ0n) is 28.7. The number of rotatable bonds is 5. The molecule has 2 heterocycles. The molecule has 0 unspecified atom stereocenters. The zero-order valence-corrected chi connectivity index (χ0v) is 28.7. The molecule has 53 heavy (non-hydrogen) atoms. The largest absolute Gasteiger partial charge is 0.456 e. The first kappa shape index (κ1) is 29.6. The first-order chi connectivity index (χ1) is 26.2. The number of hydrogen-bond donors (Lipinski definition) is 0. The highest BCUT2D eigenvalue weighted by atomic mass is 16.3. The molecule has 0 atom stereocenters. The minimum atomic E-state index is 0.857. The van der Waals surface area contributed by atoms with E-state index < -0.39 is 0 Å². The molecule has 0 aliphatic rings. The molecule has 2 aromatic heterocycles. The van der Waals surface area contributed by atoms with Gasteiger partial charge in [0.05, 0.1) is 0 Å². The van der Waals surface area contributed by atoms with E-state index in [4.69, 9.17) is 8.83 Å². The Hall–Kier alpha value is -7.10. The van der Waals surface area contributed by atoms with E-state index in [0.29, 0.717) is 0 Å². The highest BCUT2D eigenvalue weighted by Crippen LogP contribution is 2.43. The van der Waals surface area contributed by atoms with Crippen LogP contribution in [0.5, 0.6) is 0 Å². The van der Waals surface area contributed by atoms with Crippen LogP contribution in [0, 0.1) is 0 Å². The lowest BCUT2D eigenvalue weighted by Gasteiger charge is -2.26. The van der Waals surface area contributed by atoms with Gasteiger partial charge in [-0.1, -0.05) is 121 Å². The molecule has 11 aromatic rings. The number of benzene rings is 9. The summed E-state index contributed by atoms with van der Waals surface area (Å²) >= 11 is 0. The van der Waals surface area contributed by atoms with Gasteiger partial charge in [-0.2, -0.15) is 0 Å². The Morgan fingerprint density at radius 2 is 0.906 bits per heavy atom. The first-order valence-electron chi connectivity index (χ1n) is 18.0. The summed E-state index contributed by atoms with van der Waals surface area (Å²) < 4.78 is 12.9. The van der Waals surface area contributed by atoms with E-state index in [1.54, 1.807) is 0 Å². The molecule has 0 fully saturated rings. The molecule has 0 aliphatic carbocycles. The lowest BCUT2D eigenvalue weighted by Crippen LogP contribution is -2.09. The van der Waals surface area contributed by atoms with E-state index in [1.165, 1.54) is 32.7 Å². The molecule has 248 valence electrons. The lowest BCUT2D eigenvalue weighted by atomic mass is 9.95. The molecule has 0 N–H and O–H groups in total. The summed E-state index contributed by atoms with van der Waals surface area (Å²) in [6.07, 6.45) is 0. The van der Waals surface area contributed by atoms with Gasteiger partial charge in [0.2, 0.25) is 0 Å². The van der Waals surface area contributed by atoms with E-state index in [9.17, 15) is 0 Å². The summed E-state index contributed by atoms with van der Waals surface area (Å²) in [4.78, 5) is 2.31. The summed E-state index contributed by atoms with van der Waals surface area (Å²) in [5.74, 6) is 0. The van der Waals surface area contributed by atoms with Gasteiger partial charge >= 0.3 is 0 Å². The van der Waals surface area contributed by atoms with E-state index in [-0.39, 0.29) is 0 Å². The molecular formula is C50H31NO2. The van der Waals surface area contributed by atoms with Gasteiger partial charge < -0.3 is 13.7 Å². The van der Waals surface area contributed by atoms with Crippen LogP contribution in [-0.4, -0.2) is 0 Å². The molecule has 0 radical (unpaired) electrons. The molecule has 0 bridgehead atoms. The van der Waals surface area contributed by atoms with Gasteiger partial charge in [0, 0.05) is 44.7 Å². The maximum atomic E-state index is 6.53. The van der Waals surface area contributed by atoms with Crippen LogP contribution in [0.2, 0.25) is 0 Å². The first-order valence-corrected chi connectivity index (χ1v) is 18.0. The van der Waals surface area contributed by atoms with Crippen molar-refractivity contribution in [3.8, 4) is 22.3 Å². The second-order valence-electron chi connectivity index (χ2n) is 13.7. The number of nitrogens with zero attached hydrogens (tertiary/aromatic N) is 1. The van der Waals surface area contributed by atoms with Gasteiger partial charge in [0.25, 0.3) is 0 Å². The SMILES string of the molecule is c1ccc(-c2ccc(N(c3ccc4c(c3)oc3ccccc34)c3ccc4oc5cccc(-c6ccc7c(ccc8ccccc87)c6)c5c4c3)cc2)cc1. The van der Waals surface area contributed by atoms with Gasteiger partial charge in [-0.25, -0.2) is 0 Å². The average molecular weight is 678 g/mol. The highest BCUT2D eigenvalue weighted by molar-refractivity contribution is 6.15. The van der Waals surface area contributed by atoms with Gasteiger partial charge in [0.15, 0.2) is 0 Å². The Balaban J connectivity index is 1.09. The second kappa shape index (κ2) is 11.7. The smallest absolute Gasteiger partial charge is 0.137 e. The molecule has 3 nitrogen and oxygen atoms in total. The molecule has 9 aromatic carbocycles. The molecule has 0 spiro atoms. The number of anilines is 3. The van der Waals surface area contributed by atoms with Crippen molar-refractivity contribution in [2.24, 2.45) is 0 Å². The molecule has 0 aliphatic heterocycles. The Kier molecular flexibility index (Phi) is 6.55. The van der Waals surface area contributed by atoms with Crippen molar-refractivity contribution >= 4 is 82.5 Å². The summed E-state index contributed by atoms with van der Waals surface area (Å²) in [6.45, 7) is 0. The minimum Gasteiger partial charge on any atom is -0.456 e. The van der Waals surface area contributed by atoms with E-state index in [0.717, 1.165) is 72.1 Å². The molecule has 0 saturated heterocycles. The fourth-order valence-electron chi connectivity index (χ4n) is 8.11. The van der Waals surface area contributed by atoms with Gasteiger partial charge in [0.1, 0.15) is 22.3 Å². The number of para-hydroxylation sites is 1. The number of furan rings is 2. The topological polar surface area (TPSA) is 29.5 Å². The summed E-state index contributed by atoms with van der Waals surface area (Å²) in [6, 6.07) is 66.8. The minimum absolute atomic E-state index is 0.857. The van der Waals surface area contributed by atoms with Crippen LogP contribution in [0.25, 0.3) is 87.7 Å². The predicted octanol–water partition coefficient (Wildman–Crippen LogP) is 14.6. The molecule has 11 rings (SSSR count). The Morgan fingerprint density at radius 1 is 0.302 bits per heavy atom. The van der Waals surface area contributed by atoms with Crippen molar-refractivity contribution in [2.45, 2.75) is 0 Å². The van der Waals surface area contributed by atoms with E-state index in [2.05, 4.69) is 181 Å². The lowest BCUT2D eigenvalue weighted by molar-refractivity contribution is 0.668. The molecule has 3 heteroatoms. The Bertz CT molecular complexity index is 3170. The van der Waals surface area contributed by atoms with Crippen molar-refractivity contribution in [2.75, 3.05) is 4.90 Å². The third-order valence-corrected chi connectivity index (χ3v) is 10.6. The fourth-order valence-corrected chi connectivity index (χ4v) is 8.11. The van der Waals surface area contributed by atoms with Crippen molar-refractivity contribution in [1.29, 1.82) is 0 Å². The summed E-state index contributed by atoms with van der Waals surface area (Å²) in [5, 5.41) is 9.40. The molecule has 0 amide bonds. The molecule has 0 saturated carbocycles. The third-order valence-electron chi connectivity index (χ3n) is 10.6. The summed E-state index contributed by atoms with van der Waals surface area (Å²) in [7, 11) is 0. The number of fused-ring (bicyclic) bond motifs is 9. The van der Waals surface area contributed by atoms with Crippen molar-refractivity contribution in [3.63, 3.8) is 0 Å². The maximum Gasteiger partial charge on any atom is 0.137 e. The fraction of sp³-hybridized carbons (Fsp3) is 0. The normalized spacial score (nSPS) is 11.8. The Labute approximate surface area is 305 Å². The van der Waals surface area contributed by atoms with Gasteiger partial charge in [-0.15, -0.1) is 0 Å². The van der Waals surface area contributed by atoms with Crippen molar-refractivity contribution < 1.29 is 8.83 Å². The predicted molar refractivity (Wildman–Crippen MR) is 222 cm³/mol. The second-order valence-corrected chi connectivity index (χ2v) is 13.7.